The number of carbonyl (C=O) groups excluding carboxylic acids is 3. The number of hydrogen-bond donors (Lipinski definition) is 1. The van der Waals surface area contributed by atoms with Crippen molar-refractivity contribution in [3.05, 3.63) is 35.9 Å². The summed E-state index contributed by atoms with van der Waals surface area (Å²) in [6.07, 6.45) is 2.34. The van der Waals surface area contributed by atoms with Crippen LogP contribution in [-0.4, -0.2) is 41.9 Å². The summed E-state index contributed by atoms with van der Waals surface area (Å²) < 4.78 is 5.15. The summed E-state index contributed by atoms with van der Waals surface area (Å²) in [5.74, 6) is -0.923. The molecule has 130 valence electrons. The van der Waals surface area contributed by atoms with Crippen LogP contribution in [0, 0.1) is 0 Å². The minimum absolute atomic E-state index is 0.0226. The van der Waals surface area contributed by atoms with Gasteiger partial charge in [0.05, 0.1) is 0 Å². The van der Waals surface area contributed by atoms with Crippen molar-refractivity contribution in [3.8, 4) is 0 Å². The number of amides is 2. The molecule has 1 atom stereocenters. The first kappa shape index (κ1) is 18.0. The van der Waals surface area contributed by atoms with Crippen LogP contribution in [0.25, 0.3) is 0 Å². The summed E-state index contributed by atoms with van der Waals surface area (Å²) in [4.78, 5) is 37.3. The molecule has 24 heavy (non-hydrogen) atoms. The Morgan fingerprint density at radius 2 is 1.96 bits per heavy atom. The molecular weight excluding hydrogens is 308 g/mol. The topological polar surface area (TPSA) is 75.7 Å². The molecule has 1 aliphatic rings. The monoisotopic (exact) mass is 332 g/mol. The van der Waals surface area contributed by atoms with Crippen LogP contribution in [0.5, 0.6) is 0 Å². The van der Waals surface area contributed by atoms with E-state index in [9.17, 15) is 14.4 Å². The van der Waals surface area contributed by atoms with E-state index in [0.717, 1.165) is 24.8 Å². The molecule has 0 spiro atoms. The van der Waals surface area contributed by atoms with Gasteiger partial charge in [0.25, 0.3) is 5.91 Å². The predicted molar refractivity (Wildman–Crippen MR) is 88.9 cm³/mol. The number of esters is 1. The van der Waals surface area contributed by atoms with E-state index in [0.29, 0.717) is 19.5 Å². The molecule has 1 heterocycles. The lowest BCUT2D eigenvalue weighted by Crippen LogP contribution is -2.40. The van der Waals surface area contributed by atoms with Crippen molar-refractivity contribution in [3.63, 3.8) is 0 Å². The molecule has 1 aromatic rings. The van der Waals surface area contributed by atoms with Crippen molar-refractivity contribution in [2.75, 3.05) is 13.1 Å². The van der Waals surface area contributed by atoms with Crippen molar-refractivity contribution < 1.29 is 19.1 Å². The number of rotatable bonds is 6. The van der Waals surface area contributed by atoms with E-state index in [-0.39, 0.29) is 18.4 Å². The predicted octanol–water partition coefficient (Wildman–Crippen LogP) is 1.64. The van der Waals surface area contributed by atoms with Gasteiger partial charge in [-0.15, -0.1) is 0 Å². The molecule has 1 aromatic carbocycles. The van der Waals surface area contributed by atoms with Crippen molar-refractivity contribution in [1.82, 2.24) is 10.2 Å². The van der Waals surface area contributed by atoms with Gasteiger partial charge in [0.15, 0.2) is 6.10 Å². The van der Waals surface area contributed by atoms with Gasteiger partial charge in [-0.2, -0.15) is 0 Å². The van der Waals surface area contributed by atoms with Crippen molar-refractivity contribution in [2.24, 2.45) is 0 Å². The van der Waals surface area contributed by atoms with Crippen molar-refractivity contribution in [2.45, 2.75) is 45.3 Å². The molecule has 1 fully saturated rings. The van der Waals surface area contributed by atoms with E-state index in [4.69, 9.17) is 4.74 Å². The van der Waals surface area contributed by atoms with E-state index in [1.807, 2.05) is 30.3 Å². The summed E-state index contributed by atoms with van der Waals surface area (Å²) >= 11 is 0. The Labute approximate surface area is 142 Å². The SMILES string of the molecule is CC(OC(=O)CN1CCCCCC1=O)C(=O)NCc1ccccc1. The van der Waals surface area contributed by atoms with Crippen LogP contribution in [0.3, 0.4) is 0 Å². The fourth-order valence-electron chi connectivity index (χ4n) is 2.58. The van der Waals surface area contributed by atoms with Crippen LogP contribution >= 0.6 is 0 Å². The van der Waals surface area contributed by atoms with E-state index in [1.54, 1.807) is 0 Å². The number of likely N-dealkylation sites (tertiary alicyclic amines) is 1. The second-order valence-electron chi connectivity index (χ2n) is 5.96. The first-order valence-electron chi connectivity index (χ1n) is 8.35. The van der Waals surface area contributed by atoms with Crippen molar-refractivity contribution in [1.29, 1.82) is 0 Å². The smallest absolute Gasteiger partial charge is 0.326 e. The van der Waals surface area contributed by atoms with Crippen LogP contribution in [0.4, 0.5) is 0 Å². The minimum atomic E-state index is -0.886. The Bertz CT molecular complexity index is 574. The quantitative estimate of drug-likeness (QED) is 0.804. The Morgan fingerprint density at radius 3 is 2.71 bits per heavy atom. The maximum Gasteiger partial charge on any atom is 0.326 e. The number of nitrogens with zero attached hydrogens (tertiary/aromatic N) is 1. The van der Waals surface area contributed by atoms with Gasteiger partial charge < -0.3 is 15.0 Å². The summed E-state index contributed by atoms with van der Waals surface area (Å²) in [6.45, 7) is 2.40. The minimum Gasteiger partial charge on any atom is -0.451 e. The highest BCUT2D eigenvalue weighted by Crippen LogP contribution is 2.11. The fraction of sp³-hybridized carbons (Fsp3) is 0.500. The molecule has 2 amide bonds. The first-order valence-corrected chi connectivity index (χ1v) is 8.35. The first-order chi connectivity index (χ1) is 11.6. The highest BCUT2D eigenvalue weighted by molar-refractivity contribution is 5.85. The second-order valence-corrected chi connectivity index (χ2v) is 5.96. The van der Waals surface area contributed by atoms with Crippen LogP contribution in [0.1, 0.15) is 38.2 Å². The molecule has 1 unspecified atom stereocenters. The van der Waals surface area contributed by atoms with Gasteiger partial charge in [0.2, 0.25) is 5.91 Å². The van der Waals surface area contributed by atoms with Crippen LogP contribution in [-0.2, 0) is 25.7 Å². The third-order valence-corrected chi connectivity index (χ3v) is 3.98. The lowest BCUT2D eigenvalue weighted by atomic mass is 10.2. The lowest BCUT2D eigenvalue weighted by molar-refractivity contribution is -0.157. The number of ether oxygens (including phenoxy) is 1. The zero-order valence-electron chi connectivity index (χ0n) is 14.0. The highest BCUT2D eigenvalue weighted by Gasteiger charge is 2.23. The summed E-state index contributed by atoms with van der Waals surface area (Å²) in [5, 5.41) is 2.73. The molecule has 6 nitrogen and oxygen atoms in total. The highest BCUT2D eigenvalue weighted by atomic mass is 16.5. The number of benzene rings is 1. The Morgan fingerprint density at radius 1 is 1.21 bits per heavy atom. The lowest BCUT2D eigenvalue weighted by Gasteiger charge is -2.20. The van der Waals surface area contributed by atoms with Gasteiger partial charge in [-0.25, -0.2) is 0 Å². The summed E-state index contributed by atoms with van der Waals surface area (Å²) in [5.41, 5.74) is 0.972. The molecule has 1 saturated heterocycles. The van der Waals surface area contributed by atoms with E-state index >= 15 is 0 Å². The second kappa shape index (κ2) is 9.05. The van der Waals surface area contributed by atoms with Crippen LogP contribution in [0.2, 0.25) is 0 Å². The Balaban J connectivity index is 1.75. The van der Waals surface area contributed by atoms with Crippen LogP contribution in [0.15, 0.2) is 30.3 Å². The van der Waals surface area contributed by atoms with E-state index in [2.05, 4.69) is 5.32 Å². The third-order valence-electron chi connectivity index (χ3n) is 3.98. The summed E-state index contributed by atoms with van der Waals surface area (Å²) in [6, 6.07) is 9.50. The van der Waals surface area contributed by atoms with E-state index < -0.39 is 12.1 Å². The van der Waals surface area contributed by atoms with Gasteiger partial charge in [0, 0.05) is 19.5 Å². The molecule has 1 N–H and O–H groups in total. The number of carbonyl (C=O) groups is 3. The standard InChI is InChI=1S/C18H24N2O4/c1-14(18(23)19-12-15-8-4-2-5-9-15)24-17(22)13-20-11-7-3-6-10-16(20)21/h2,4-5,8-9,14H,3,6-7,10-13H2,1H3,(H,19,23). The molecular formula is C18H24N2O4. The average molecular weight is 332 g/mol. The van der Waals surface area contributed by atoms with Gasteiger partial charge in [-0.05, 0) is 25.3 Å². The average Bonchev–Trinajstić information content (AvgIpc) is 2.78. The number of hydrogen-bond acceptors (Lipinski definition) is 4. The molecule has 0 aromatic heterocycles. The normalized spacial score (nSPS) is 16.2. The molecule has 0 aliphatic carbocycles. The maximum absolute atomic E-state index is 12.0. The Kier molecular flexibility index (Phi) is 6.78. The molecule has 2 rings (SSSR count). The van der Waals surface area contributed by atoms with Gasteiger partial charge >= 0.3 is 5.97 Å². The zero-order chi connectivity index (χ0) is 17.4. The molecule has 6 heteroatoms. The van der Waals surface area contributed by atoms with Gasteiger partial charge in [-0.3, -0.25) is 14.4 Å². The maximum atomic E-state index is 12.0. The molecule has 1 aliphatic heterocycles. The van der Waals surface area contributed by atoms with E-state index in [1.165, 1.54) is 11.8 Å². The zero-order valence-corrected chi connectivity index (χ0v) is 14.0. The third kappa shape index (κ3) is 5.68. The summed E-state index contributed by atoms with van der Waals surface area (Å²) in [7, 11) is 0. The van der Waals surface area contributed by atoms with Crippen molar-refractivity contribution >= 4 is 17.8 Å². The fourth-order valence-corrected chi connectivity index (χ4v) is 2.58. The molecule has 0 saturated carbocycles. The largest absolute Gasteiger partial charge is 0.451 e. The molecule has 0 bridgehead atoms. The number of nitrogens with one attached hydrogen (secondary N) is 1. The molecule has 0 radical (unpaired) electrons. The van der Waals surface area contributed by atoms with Gasteiger partial charge in [-0.1, -0.05) is 36.8 Å². The van der Waals surface area contributed by atoms with Gasteiger partial charge in [0.1, 0.15) is 6.54 Å². The Hall–Kier alpha value is -2.37. The van der Waals surface area contributed by atoms with Crippen LogP contribution < -0.4 is 5.32 Å².